The smallest absolute Gasteiger partial charge is 0.389 e. The first kappa shape index (κ1) is 15.8. The quantitative estimate of drug-likeness (QED) is 0.861. The van der Waals surface area contributed by atoms with Crippen molar-refractivity contribution in [1.29, 1.82) is 0 Å². The Balaban J connectivity index is 3.23. The first-order valence-electron chi connectivity index (χ1n) is 5.85. The normalized spacial score (nSPS) is 11.7. The van der Waals surface area contributed by atoms with Crippen LogP contribution >= 0.6 is 12.2 Å². The molecule has 19 heavy (non-hydrogen) atoms. The molecule has 0 aromatic heterocycles. The van der Waals surface area contributed by atoms with E-state index in [4.69, 9.17) is 18.0 Å². The summed E-state index contributed by atoms with van der Waals surface area (Å²) in [6, 6.07) is 3.47. The molecule has 0 atom stereocenters. The van der Waals surface area contributed by atoms with Crippen LogP contribution < -0.4 is 10.6 Å². The molecule has 6 heteroatoms. The number of benzene rings is 1. The molecule has 0 heterocycles. The van der Waals surface area contributed by atoms with E-state index in [9.17, 15) is 13.2 Å². The van der Waals surface area contributed by atoms with Crippen LogP contribution in [0.4, 0.5) is 18.9 Å². The summed E-state index contributed by atoms with van der Waals surface area (Å²) in [6.07, 6.45) is -4.39. The highest BCUT2D eigenvalue weighted by atomic mass is 32.1. The van der Waals surface area contributed by atoms with Gasteiger partial charge < -0.3 is 10.6 Å². The van der Waals surface area contributed by atoms with Crippen molar-refractivity contribution in [3.8, 4) is 0 Å². The summed E-state index contributed by atoms with van der Waals surface area (Å²) in [5.74, 6) is 0.381. The van der Waals surface area contributed by atoms with Crippen LogP contribution in [-0.2, 0) is 6.18 Å². The molecule has 0 aliphatic rings. The number of thiocarbonyl (C=S) groups is 1. The highest BCUT2D eigenvalue weighted by molar-refractivity contribution is 7.80. The summed E-state index contributed by atoms with van der Waals surface area (Å²) in [6.45, 7) is 4.77. The summed E-state index contributed by atoms with van der Waals surface area (Å²) >= 11 is 4.85. The number of hydrogen-bond acceptors (Lipinski definition) is 2. The molecule has 0 saturated carbocycles. The maximum atomic E-state index is 12.7. The van der Waals surface area contributed by atoms with E-state index in [0.717, 1.165) is 12.1 Å². The van der Waals surface area contributed by atoms with Crippen molar-refractivity contribution in [2.45, 2.75) is 20.0 Å². The van der Waals surface area contributed by atoms with Gasteiger partial charge in [-0.2, -0.15) is 13.2 Å². The van der Waals surface area contributed by atoms with E-state index in [-0.39, 0.29) is 10.6 Å². The predicted molar refractivity (Wildman–Crippen MR) is 75.4 cm³/mol. The third kappa shape index (κ3) is 4.09. The van der Waals surface area contributed by atoms with Gasteiger partial charge in [0.25, 0.3) is 0 Å². The van der Waals surface area contributed by atoms with Crippen LogP contribution in [-0.4, -0.2) is 18.6 Å². The maximum absolute atomic E-state index is 12.7. The number of nitrogens with zero attached hydrogens (tertiary/aromatic N) is 1. The Hall–Kier alpha value is -1.30. The minimum atomic E-state index is -4.39. The lowest BCUT2D eigenvalue weighted by atomic mass is 10.1. The third-order valence-corrected chi connectivity index (χ3v) is 2.86. The zero-order chi connectivity index (χ0) is 14.8. The molecule has 1 aromatic rings. The van der Waals surface area contributed by atoms with Crippen molar-refractivity contribution in [1.82, 2.24) is 0 Å². The lowest BCUT2D eigenvalue weighted by molar-refractivity contribution is -0.137. The van der Waals surface area contributed by atoms with Crippen molar-refractivity contribution < 1.29 is 13.2 Å². The van der Waals surface area contributed by atoms with Gasteiger partial charge in [0.15, 0.2) is 0 Å². The molecular weight excluding hydrogens is 273 g/mol. The van der Waals surface area contributed by atoms with Gasteiger partial charge in [0, 0.05) is 24.8 Å². The third-order valence-electron chi connectivity index (χ3n) is 2.64. The van der Waals surface area contributed by atoms with Crippen molar-refractivity contribution in [2.75, 3.05) is 18.5 Å². The van der Waals surface area contributed by atoms with Crippen LogP contribution in [0.25, 0.3) is 0 Å². The van der Waals surface area contributed by atoms with E-state index in [1.807, 2.05) is 25.8 Å². The van der Waals surface area contributed by atoms with Crippen molar-refractivity contribution in [2.24, 2.45) is 11.7 Å². The van der Waals surface area contributed by atoms with Gasteiger partial charge in [-0.25, -0.2) is 0 Å². The fourth-order valence-electron chi connectivity index (χ4n) is 1.89. The van der Waals surface area contributed by atoms with Crippen LogP contribution in [0.5, 0.6) is 0 Å². The Bertz CT molecular complexity index is 469. The van der Waals surface area contributed by atoms with Gasteiger partial charge in [-0.1, -0.05) is 26.1 Å². The average Bonchev–Trinajstić information content (AvgIpc) is 2.25. The number of rotatable bonds is 4. The molecule has 0 aliphatic carbocycles. The Kier molecular flexibility index (Phi) is 4.79. The van der Waals surface area contributed by atoms with E-state index in [1.54, 1.807) is 0 Å². The molecule has 0 saturated heterocycles. The Morgan fingerprint density at radius 3 is 2.37 bits per heavy atom. The molecule has 1 aromatic carbocycles. The molecule has 0 bridgehead atoms. The molecule has 0 spiro atoms. The zero-order valence-electron chi connectivity index (χ0n) is 11.1. The highest BCUT2D eigenvalue weighted by Gasteiger charge is 2.31. The monoisotopic (exact) mass is 290 g/mol. The van der Waals surface area contributed by atoms with E-state index < -0.39 is 11.7 Å². The second-order valence-electron chi connectivity index (χ2n) is 4.87. The maximum Gasteiger partial charge on any atom is 0.416 e. The standard InChI is InChI=1S/C13H17F3N2S/c1-8(2)7-18(3)11-5-4-9(13(14,15)16)6-10(11)12(17)19/h4-6,8H,7H2,1-3H3,(H2,17,19). The number of anilines is 1. The number of alkyl halides is 3. The lowest BCUT2D eigenvalue weighted by Gasteiger charge is -2.24. The Morgan fingerprint density at radius 1 is 1.37 bits per heavy atom. The topological polar surface area (TPSA) is 29.3 Å². The summed E-state index contributed by atoms with van der Waals surface area (Å²) in [4.78, 5) is 1.83. The highest BCUT2D eigenvalue weighted by Crippen LogP contribution is 2.32. The second kappa shape index (κ2) is 5.77. The lowest BCUT2D eigenvalue weighted by Crippen LogP contribution is -2.26. The molecule has 1 rings (SSSR count). The minimum absolute atomic E-state index is 0.0308. The van der Waals surface area contributed by atoms with Crippen molar-refractivity contribution >= 4 is 22.9 Å². The van der Waals surface area contributed by atoms with Crippen LogP contribution in [0.15, 0.2) is 18.2 Å². The van der Waals surface area contributed by atoms with E-state index in [0.29, 0.717) is 18.2 Å². The van der Waals surface area contributed by atoms with Crippen LogP contribution in [0.2, 0.25) is 0 Å². The van der Waals surface area contributed by atoms with E-state index >= 15 is 0 Å². The summed E-state index contributed by atoms with van der Waals surface area (Å²) in [5.41, 5.74) is 5.67. The molecule has 106 valence electrons. The van der Waals surface area contributed by atoms with E-state index in [1.165, 1.54) is 6.07 Å². The first-order valence-corrected chi connectivity index (χ1v) is 6.26. The van der Waals surface area contributed by atoms with Gasteiger partial charge >= 0.3 is 6.18 Å². The van der Waals surface area contributed by atoms with Crippen molar-refractivity contribution in [3.63, 3.8) is 0 Å². The molecule has 0 radical (unpaired) electrons. The van der Waals surface area contributed by atoms with Gasteiger partial charge in [-0.05, 0) is 24.1 Å². The molecule has 0 unspecified atom stereocenters. The van der Waals surface area contributed by atoms with Gasteiger partial charge in [0.1, 0.15) is 4.99 Å². The molecule has 0 fully saturated rings. The van der Waals surface area contributed by atoms with Gasteiger partial charge in [0.2, 0.25) is 0 Å². The second-order valence-corrected chi connectivity index (χ2v) is 5.31. The number of nitrogens with two attached hydrogens (primary N) is 1. The van der Waals surface area contributed by atoms with Crippen molar-refractivity contribution in [3.05, 3.63) is 29.3 Å². The fourth-order valence-corrected chi connectivity index (χ4v) is 2.05. The van der Waals surface area contributed by atoms with Crippen LogP contribution in [0, 0.1) is 5.92 Å². The molecule has 0 aliphatic heterocycles. The van der Waals surface area contributed by atoms with Gasteiger partial charge in [-0.15, -0.1) is 0 Å². The van der Waals surface area contributed by atoms with Gasteiger partial charge in [-0.3, -0.25) is 0 Å². The van der Waals surface area contributed by atoms with Crippen LogP contribution in [0.3, 0.4) is 0 Å². The largest absolute Gasteiger partial charge is 0.416 e. The zero-order valence-corrected chi connectivity index (χ0v) is 11.9. The minimum Gasteiger partial charge on any atom is -0.389 e. The number of halogens is 3. The first-order chi connectivity index (χ1) is 8.62. The Labute approximate surface area is 116 Å². The summed E-state index contributed by atoms with van der Waals surface area (Å²) in [7, 11) is 1.81. The summed E-state index contributed by atoms with van der Waals surface area (Å²) < 4.78 is 38.0. The predicted octanol–water partition coefficient (Wildman–Crippen LogP) is 3.43. The molecular formula is C13H17F3N2S. The molecule has 2 nitrogen and oxygen atoms in total. The molecule has 0 amide bonds. The van der Waals surface area contributed by atoms with Crippen LogP contribution in [0.1, 0.15) is 25.0 Å². The molecule has 2 N–H and O–H groups in total. The fraction of sp³-hybridized carbons (Fsp3) is 0.462. The Morgan fingerprint density at radius 2 is 1.95 bits per heavy atom. The van der Waals surface area contributed by atoms with E-state index in [2.05, 4.69) is 0 Å². The summed E-state index contributed by atoms with van der Waals surface area (Å²) in [5, 5.41) is 0. The van der Waals surface area contributed by atoms with Gasteiger partial charge in [0.05, 0.1) is 5.56 Å². The average molecular weight is 290 g/mol. The SMILES string of the molecule is CC(C)CN(C)c1ccc(C(F)(F)F)cc1C(N)=S. The number of hydrogen-bond donors (Lipinski definition) is 1.